The molecule has 0 atom stereocenters. The Hall–Kier alpha value is -2.17. The van der Waals surface area contributed by atoms with Gasteiger partial charge in [0, 0.05) is 12.1 Å². The molecule has 1 aromatic carbocycles. The molecule has 0 bridgehead atoms. The molecule has 0 aliphatic rings. The fourth-order valence-corrected chi connectivity index (χ4v) is 1.56. The molecule has 1 heterocycles. The van der Waals surface area contributed by atoms with Crippen molar-refractivity contribution in [3.05, 3.63) is 48.8 Å². The molecule has 17 heavy (non-hydrogen) atoms. The van der Waals surface area contributed by atoms with Gasteiger partial charge in [-0.1, -0.05) is 6.08 Å². The molecule has 1 aromatic heterocycles. The van der Waals surface area contributed by atoms with E-state index in [0.29, 0.717) is 6.54 Å². The quantitative estimate of drug-likeness (QED) is 0.831. The van der Waals surface area contributed by atoms with Crippen LogP contribution in [0.25, 0.3) is 11.3 Å². The molecule has 0 fully saturated rings. The van der Waals surface area contributed by atoms with E-state index >= 15 is 0 Å². The molecular formula is C12H11F2N3. The van der Waals surface area contributed by atoms with E-state index < -0.39 is 11.6 Å². The standard InChI is InChI=1S/C12H11F2N3/c1-2-5-17-7-16-11(12(17)15)9-6-8(13)3-4-10(9)14/h2-4,6-7H,1,5,15H2. The Bertz CT molecular complexity index is 561. The lowest BCUT2D eigenvalue weighted by Gasteiger charge is -2.03. The van der Waals surface area contributed by atoms with Crippen molar-refractivity contribution in [1.82, 2.24) is 9.55 Å². The Labute approximate surface area is 97.2 Å². The Morgan fingerprint density at radius 3 is 2.88 bits per heavy atom. The number of rotatable bonds is 3. The summed E-state index contributed by atoms with van der Waals surface area (Å²) in [5.74, 6) is -0.796. The van der Waals surface area contributed by atoms with Crippen LogP contribution in [0.3, 0.4) is 0 Å². The van der Waals surface area contributed by atoms with E-state index in [-0.39, 0.29) is 17.1 Å². The molecule has 0 unspecified atom stereocenters. The van der Waals surface area contributed by atoms with Crippen LogP contribution in [0.1, 0.15) is 0 Å². The number of halogens is 2. The summed E-state index contributed by atoms with van der Waals surface area (Å²) in [4.78, 5) is 3.99. The third-order valence-electron chi connectivity index (χ3n) is 2.39. The molecule has 0 aliphatic heterocycles. The lowest BCUT2D eigenvalue weighted by Crippen LogP contribution is -2.00. The zero-order chi connectivity index (χ0) is 12.4. The summed E-state index contributed by atoms with van der Waals surface area (Å²) in [6.07, 6.45) is 3.11. The van der Waals surface area contributed by atoms with Gasteiger partial charge in [0.05, 0.1) is 6.33 Å². The number of benzene rings is 1. The van der Waals surface area contributed by atoms with E-state index in [4.69, 9.17) is 5.73 Å². The van der Waals surface area contributed by atoms with Gasteiger partial charge in [-0.2, -0.15) is 0 Å². The third-order valence-corrected chi connectivity index (χ3v) is 2.39. The van der Waals surface area contributed by atoms with Crippen molar-refractivity contribution in [3.8, 4) is 11.3 Å². The molecule has 0 saturated carbocycles. The number of hydrogen-bond donors (Lipinski definition) is 1. The zero-order valence-electron chi connectivity index (χ0n) is 9.03. The van der Waals surface area contributed by atoms with Crippen molar-refractivity contribution in [3.63, 3.8) is 0 Å². The smallest absolute Gasteiger partial charge is 0.132 e. The van der Waals surface area contributed by atoms with Crippen LogP contribution in [-0.4, -0.2) is 9.55 Å². The van der Waals surface area contributed by atoms with Crippen LogP contribution >= 0.6 is 0 Å². The van der Waals surface area contributed by atoms with Crippen molar-refractivity contribution in [2.45, 2.75) is 6.54 Å². The Balaban J connectivity index is 2.53. The maximum absolute atomic E-state index is 13.5. The van der Waals surface area contributed by atoms with Gasteiger partial charge >= 0.3 is 0 Å². The van der Waals surface area contributed by atoms with Gasteiger partial charge < -0.3 is 10.3 Å². The highest BCUT2D eigenvalue weighted by molar-refractivity contribution is 5.70. The molecular weight excluding hydrogens is 224 g/mol. The average molecular weight is 235 g/mol. The van der Waals surface area contributed by atoms with Crippen molar-refractivity contribution >= 4 is 5.82 Å². The maximum Gasteiger partial charge on any atom is 0.132 e. The highest BCUT2D eigenvalue weighted by Gasteiger charge is 2.14. The van der Waals surface area contributed by atoms with Crippen molar-refractivity contribution in [2.24, 2.45) is 0 Å². The SMILES string of the molecule is C=CCn1cnc(-c2cc(F)ccc2F)c1N. The molecule has 2 aromatic rings. The molecule has 0 amide bonds. The molecule has 0 radical (unpaired) electrons. The zero-order valence-corrected chi connectivity index (χ0v) is 9.03. The first-order valence-electron chi connectivity index (χ1n) is 5.00. The van der Waals surface area contributed by atoms with Crippen LogP contribution in [0.5, 0.6) is 0 Å². The second-order valence-electron chi connectivity index (χ2n) is 3.54. The van der Waals surface area contributed by atoms with Crippen LogP contribution in [0.15, 0.2) is 37.2 Å². The van der Waals surface area contributed by atoms with Gasteiger partial charge in [0.15, 0.2) is 0 Å². The Kier molecular flexibility index (Phi) is 2.91. The van der Waals surface area contributed by atoms with Crippen LogP contribution in [0.4, 0.5) is 14.6 Å². The van der Waals surface area contributed by atoms with E-state index in [1.165, 1.54) is 6.33 Å². The lowest BCUT2D eigenvalue weighted by atomic mass is 10.1. The lowest BCUT2D eigenvalue weighted by molar-refractivity contribution is 0.603. The van der Waals surface area contributed by atoms with E-state index in [1.807, 2.05) is 0 Å². The summed E-state index contributed by atoms with van der Waals surface area (Å²) in [5.41, 5.74) is 6.10. The maximum atomic E-state index is 13.5. The Morgan fingerprint density at radius 1 is 1.41 bits per heavy atom. The number of nitrogen functional groups attached to an aromatic ring is 1. The second kappa shape index (κ2) is 4.37. The van der Waals surface area contributed by atoms with Crippen LogP contribution < -0.4 is 5.73 Å². The summed E-state index contributed by atoms with van der Waals surface area (Å²) in [6.45, 7) is 4.04. The van der Waals surface area contributed by atoms with Crippen LogP contribution in [-0.2, 0) is 6.54 Å². The van der Waals surface area contributed by atoms with Gasteiger partial charge in [-0.25, -0.2) is 13.8 Å². The Morgan fingerprint density at radius 2 is 2.18 bits per heavy atom. The molecule has 0 spiro atoms. The number of nitrogens with zero attached hydrogens (tertiary/aromatic N) is 2. The highest BCUT2D eigenvalue weighted by Crippen LogP contribution is 2.27. The average Bonchev–Trinajstić information content (AvgIpc) is 2.65. The molecule has 3 nitrogen and oxygen atoms in total. The topological polar surface area (TPSA) is 43.8 Å². The molecule has 2 rings (SSSR count). The molecule has 5 heteroatoms. The number of aromatic nitrogens is 2. The van der Waals surface area contributed by atoms with Crippen molar-refractivity contribution < 1.29 is 8.78 Å². The molecule has 2 N–H and O–H groups in total. The predicted molar refractivity (Wildman–Crippen MR) is 62.2 cm³/mol. The number of hydrogen-bond acceptors (Lipinski definition) is 2. The highest BCUT2D eigenvalue weighted by atomic mass is 19.1. The van der Waals surface area contributed by atoms with E-state index in [2.05, 4.69) is 11.6 Å². The summed E-state index contributed by atoms with van der Waals surface area (Å²) in [7, 11) is 0. The summed E-state index contributed by atoms with van der Waals surface area (Å²) in [5, 5.41) is 0. The first kappa shape index (κ1) is 11.3. The van der Waals surface area contributed by atoms with E-state index in [1.54, 1.807) is 10.6 Å². The number of allylic oxidation sites excluding steroid dienone is 1. The van der Waals surface area contributed by atoms with Crippen molar-refractivity contribution in [1.29, 1.82) is 0 Å². The fraction of sp³-hybridized carbons (Fsp3) is 0.0833. The summed E-state index contributed by atoms with van der Waals surface area (Å²) < 4.78 is 28.2. The third kappa shape index (κ3) is 2.04. The summed E-state index contributed by atoms with van der Waals surface area (Å²) >= 11 is 0. The van der Waals surface area contributed by atoms with Gasteiger partial charge in [-0.15, -0.1) is 6.58 Å². The van der Waals surface area contributed by atoms with Gasteiger partial charge in [0.25, 0.3) is 0 Å². The largest absolute Gasteiger partial charge is 0.383 e. The first-order valence-corrected chi connectivity index (χ1v) is 5.00. The number of anilines is 1. The fourth-order valence-electron chi connectivity index (χ4n) is 1.56. The minimum Gasteiger partial charge on any atom is -0.383 e. The molecule has 0 saturated heterocycles. The molecule has 0 aliphatic carbocycles. The number of nitrogens with two attached hydrogens (primary N) is 1. The number of imidazole rings is 1. The van der Waals surface area contributed by atoms with Crippen LogP contribution in [0, 0.1) is 11.6 Å². The minimum absolute atomic E-state index is 0.0605. The van der Waals surface area contributed by atoms with E-state index in [0.717, 1.165) is 18.2 Å². The van der Waals surface area contributed by atoms with Gasteiger partial charge in [-0.05, 0) is 18.2 Å². The molecule has 88 valence electrons. The monoisotopic (exact) mass is 235 g/mol. The van der Waals surface area contributed by atoms with Gasteiger partial charge in [0.1, 0.15) is 23.1 Å². The second-order valence-corrected chi connectivity index (χ2v) is 3.54. The van der Waals surface area contributed by atoms with Gasteiger partial charge in [-0.3, -0.25) is 0 Å². The van der Waals surface area contributed by atoms with E-state index in [9.17, 15) is 8.78 Å². The first-order chi connectivity index (χ1) is 8.13. The minimum atomic E-state index is -0.554. The predicted octanol–water partition coefficient (Wildman–Crippen LogP) is 2.60. The van der Waals surface area contributed by atoms with Crippen molar-refractivity contribution in [2.75, 3.05) is 5.73 Å². The summed E-state index contributed by atoms with van der Waals surface area (Å²) in [6, 6.07) is 3.18. The van der Waals surface area contributed by atoms with Gasteiger partial charge in [0.2, 0.25) is 0 Å². The van der Waals surface area contributed by atoms with Crippen LogP contribution in [0.2, 0.25) is 0 Å². The normalized spacial score (nSPS) is 10.5.